The molecule has 0 bridgehead atoms. The molecule has 0 unspecified atom stereocenters. The summed E-state index contributed by atoms with van der Waals surface area (Å²) in [5.41, 5.74) is 1.81. The molecular formula is C21H21N3O5. The van der Waals surface area contributed by atoms with Gasteiger partial charge in [-0.25, -0.2) is 4.98 Å². The first kappa shape index (κ1) is 20.1. The number of nitrogens with one attached hydrogen (secondary N) is 1. The van der Waals surface area contributed by atoms with Gasteiger partial charge in [0.2, 0.25) is 0 Å². The van der Waals surface area contributed by atoms with Crippen LogP contribution in [-0.2, 0) is 16.1 Å². The van der Waals surface area contributed by atoms with Crippen LogP contribution in [0, 0.1) is 6.92 Å². The molecule has 8 heteroatoms. The van der Waals surface area contributed by atoms with Gasteiger partial charge in [0.15, 0.2) is 0 Å². The van der Waals surface area contributed by atoms with Gasteiger partial charge in [0, 0.05) is 12.3 Å². The molecule has 8 nitrogen and oxygen atoms in total. The Kier molecular flexibility index (Phi) is 6.23. The molecule has 150 valence electrons. The Morgan fingerprint density at radius 2 is 1.97 bits per heavy atom. The number of pyridine rings is 1. The first-order valence-electron chi connectivity index (χ1n) is 9.12. The Hall–Kier alpha value is -3.68. The van der Waals surface area contributed by atoms with Gasteiger partial charge in [-0.15, -0.1) is 0 Å². The van der Waals surface area contributed by atoms with E-state index in [1.165, 1.54) is 10.5 Å². The maximum absolute atomic E-state index is 12.3. The van der Waals surface area contributed by atoms with Crippen LogP contribution >= 0.6 is 0 Å². The molecule has 3 rings (SSSR count). The molecule has 0 saturated carbocycles. The quantitative estimate of drug-likeness (QED) is 0.613. The Bertz CT molecular complexity index is 1110. The average molecular weight is 395 g/mol. The average Bonchev–Trinajstić information content (AvgIpc) is 2.71. The molecule has 1 amide bonds. The largest absolute Gasteiger partial charge is 0.493 e. The van der Waals surface area contributed by atoms with Crippen molar-refractivity contribution in [3.8, 4) is 5.75 Å². The summed E-state index contributed by atoms with van der Waals surface area (Å²) in [5.74, 6) is -0.640. The van der Waals surface area contributed by atoms with Crippen molar-refractivity contribution in [2.24, 2.45) is 0 Å². The zero-order chi connectivity index (χ0) is 20.8. The van der Waals surface area contributed by atoms with Gasteiger partial charge in [0.05, 0.1) is 17.9 Å². The van der Waals surface area contributed by atoms with Crippen molar-refractivity contribution < 1.29 is 19.1 Å². The maximum Gasteiger partial charge on any atom is 0.325 e. The van der Waals surface area contributed by atoms with Crippen LogP contribution in [-0.4, -0.2) is 34.4 Å². The van der Waals surface area contributed by atoms with Crippen LogP contribution in [0.25, 0.3) is 5.65 Å². The summed E-state index contributed by atoms with van der Waals surface area (Å²) in [5, 5.41) is 2.50. The normalized spacial score (nSPS) is 10.6. The number of hydrogen-bond donors (Lipinski definition) is 1. The molecule has 0 aliphatic heterocycles. The zero-order valence-corrected chi connectivity index (χ0v) is 16.2. The number of aryl methyl sites for hydroxylation is 1. The summed E-state index contributed by atoms with van der Waals surface area (Å²) >= 11 is 0. The SMILES string of the molecule is CCOc1ccccc1C(=O)NCC(=O)OCc1cc(=O)n2cc(C)ccc2n1. The number of amides is 1. The lowest BCUT2D eigenvalue weighted by atomic mass is 10.2. The second-order valence-corrected chi connectivity index (χ2v) is 6.29. The van der Waals surface area contributed by atoms with Crippen LogP contribution in [0.15, 0.2) is 53.5 Å². The number of rotatable bonds is 7. The van der Waals surface area contributed by atoms with Gasteiger partial charge in [-0.2, -0.15) is 0 Å². The molecule has 0 aliphatic rings. The van der Waals surface area contributed by atoms with Crippen molar-refractivity contribution in [1.29, 1.82) is 0 Å². The molecule has 0 aliphatic carbocycles. The predicted octanol–water partition coefficient (Wildman–Crippen LogP) is 1.87. The van der Waals surface area contributed by atoms with E-state index in [0.717, 1.165) is 5.56 Å². The highest BCUT2D eigenvalue weighted by atomic mass is 16.5. The summed E-state index contributed by atoms with van der Waals surface area (Å²) in [6.07, 6.45) is 1.69. The number of ether oxygens (including phenoxy) is 2. The number of hydrogen-bond acceptors (Lipinski definition) is 6. The third-order valence-electron chi connectivity index (χ3n) is 4.07. The minimum atomic E-state index is -0.641. The highest BCUT2D eigenvalue weighted by molar-refractivity contribution is 5.98. The van der Waals surface area contributed by atoms with E-state index in [-0.39, 0.29) is 18.7 Å². The van der Waals surface area contributed by atoms with Crippen molar-refractivity contribution >= 4 is 17.5 Å². The number of nitrogens with zero attached hydrogens (tertiary/aromatic N) is 2. The second-order valence-electron chi connectivity index (χ2n) is 6.29. The monoisotopic (exact) mass is 395 g/mol. The van der Waals surface area contributed by atoms with E-state index in [4.69, 9.17) is 9.47 Å². The van der Waals surface area contributed by atoms with E-state index in [9.17, 15) is 14.4 Å². The fourth-order valence-corrected chi connectivity index (χ4v) is 2.72. The van der Waals surface area contributed by atoms with E-state index in [0.29, 0.717) is 29.3 Å². The fraction of sp³-hybridized carbons (Fsp3) is 0.238. The second kappa shape index (κ2) is 9.01. The molecule has 1 N–H and O–H groups in total. The van der Waals surface area contributed by atoms with Crippen molar-refractivity contribution in [1.82, 2.24) is 14.7 Å². The van der Waals surface area contributed by atoms with Gasteiger partial charge < -0.3 is 14.8 Å². The summed E-state index contributed by atoms with van der Waals surface area (Å²) < 4.78 is 12.0. The molecule has 0 radical (unpaired) electrons. The first-order valence-corrected chi connectivity index (χ1v) is 9.12. The first-order chi connectivity index (χ1) is 14.0. The van der Waals surface area contributed by atoms with E-state index >= 15 is 0 Å². The highest BCUT2D eigenvalue weighted by Crippen LogP contribution is 2.17. The summed E-state index contributed by atoms with van der Waals surface area (Å²) in [4.78, 5) is 40.7. The Balaban J connectivity index is 1.58. The number of para-hydroxylation sites is 1. The van der Waals surface area contributed by atoms with Crippen molar-refractivity contribution in [2.45, 2.75) is 20.5 Å². The number of benzene rings is 1. The molecule has 2 aromatic heterocycles. The molecular weight excluding hydrogens is 374 g/mol. The van der Waals surface area contributed by atoms with Gasteiger partial charge >= 0.3 is 5.97 Å². The number of aromatic nitrogens is 2. The lowest BCUT2D eigenvalue weighted by Gasteiger charge is -2.10. The maximum atomic E-state index is 12.3. The fourth-order valence-electron chi connectivity index (χ4n) is 2.72. The molecule has 1 aromatic carbocycles. The molecule has 3 aromatic rings. The van der Waals surface area contributed by atoms with E-state index in [2.05, 4.69) is 10.3 Å². The lowest BCUT2D eigenvalue weighted by Crippen LogP contribution is -2.31. The zero-order valence-electron chi connectivity index (χ0n) is 16.2. The summed E-state index contributed by atoms with van der Waals surface area (Å²) in [6, 6.07) is 11.6. The molecule has 29 heavy (non-hydrogen) atoms. The van der Waals surface area contributed by atoms with Crippen LogP contribution < -0.4 is 15.6 Å². The Labute approximate surface area is 167 Å². The van der Waals surface area contributed by atoms with Gasteiger partial charge in [0.1, 0.15) is 24.5 Å². The Morgan fingerprint density at radius 1 is 1.17 bits per heavy atom. The molecule has 0 spiro atoms. The third-order valence-corrected chi connectivity index (χ3v) is 4.07. The number of fused-ring (bicyclic) bond motifs is 1. The van der Waals surface area contributed by atoms with Gasteiger partial charge in [-0.05, 0) is 37.6 Å². The van der Waals surface area contributed by atoms with Gasteiger partial charge in [0.25, 0.3) is 11.5 Å². The molecule has 0 fully saturated rings. The van der Waals surface area contributed by atoms with Crippen molar-refractivity contribution in [3.63, 3.8) is 0 Å². The van der Waals surface area contributed by atoms with E-state index < -0.39 is 11.9 Å². The molecule has 2 heterocycles. The van der Waals surface area contributed by atoms with E-state index in [1.807, 2.05) is 19.9 Å². The lowest BCUT2D eigenvalue weighted by molar-refractivity contribution is -0.143. The number of carbonyl (C=O) groups is 2. The highest BCUT2D eigenvalue weighted by Gasteiger charge is 2.14. The van der Waals surface area contributed by atoms with Gasteiger partial charge in [-0.1, -0.05) is 18.2 Å². The van der Waals surface area contributed by atoms with Crippen molar-refractivity contribution in [2.75, 3.05) is 13.2 Å². The summed E-state index contributed by atoms with van der Waals surface area (Å²) in [7, 11) is 0. The molecule has 0 atom stereocenters. The van der Waals surface area contributed by atoms with Crippen LogP contribution in [0.2, 0.25) is 0 Å². The van der Waals surface area contributed by atoms with Crippen LogP contribution in [0.5, 0.6) is 5.75 Å². The minimum Gasteiger partial charge on any atom is -0.493 e. The van der Waals surface area contributed by atoms with Crippen molar-refractivity contribution in [3.05, 3.63) is 75.8 Å². The van der Waals surface area contributed by atoms with Gasteiger partial charge in [-0.3, -0.25) is 18.8 Å². The topological polar surface area (TPSA) is 99.0 Å². The summed E-state index contributed by atoms with van der Waals surface area (Å²) in [6.45, 7) is 3.64. The van der Waals surface area contributed by atoms with Crippen LogP contribution in [0.3, 0.4) is 0 Å². The molecule has 0 saturated heterocycles. The smallest absolute Gasteiger partial charge is 0.325 e. The number of esters is 1. The van der Waals surface area contributed by atoms with Crippen LogP contribution in [0.4, 0.5) is 0 Å². The third kappa shape index (κ3) is 4.98. The number of carbonyl (C=O) groups excluding carboxylic acids is 2. The van der Waals surface area contributed by atoms with Crippen LogP contribution in [0.1, 0.15) is 28.5 Å². The Morgan fingerprint density at radius 3 is 2.76 bits per heavy atom. The predicted molar refractivity (Wildman–Crippen MR) is 106 cm³/mol. The van der Waals surface area contributed by atoms with E-state index in [1.54, 1.807) is 36.5 Å². The minimum absolute atomic E-state index is 0.163. The standard InChI is InChI=1S/C21H21N3O5/c1-3-28-17-7-5-4-6-16(17)21(27)22-11-20(26)29-13-15-10-19(25)24-12-14(2)8-9-18(24)23-15/h4-10,12H,3,11,13H2,1-2H3,(H,22,27).